The summed E-state index contributed by atoms with van der Waals surface area (Å²) >= 11 is 0. The van der Waals surface area contributed by atoms with Gasteiger partial charge in [0.1, 0.15) is 0 Å². The summed E-state index contributed by atoms with van der Waals surface area (Å²) < 4.78 is 0. The molecule has 1 aliphatic rings. The zero-order valence-corrected chi connectivity index (χ0v) is 15.0. The molecule has 132 valence electrons. The molecule has 0 radical (unpaired) electrons. The van der Waals surface area contributed by atoms with Crippen molar-refractivity contribution >= 4 is 23.2 Å². The van der Waals surface area contributed by atoms with E-state index >= 15 is 0 Å². The lowest BCUT2D eigenvalue weighted by Gasteiger charge is -2.29. The summed E-state index contributed by atoms with van der Waals surface area (Å²) in [5.41, 5.74) is 1.51. The van der Waals surface area contributed by atoms with E-state index in [4.69, 9.17) is 0 Å². The van der Waals surface area contributed by atoms with Gasteiger partial charge in [0.05, 0.1) is 6.54 Å². The molecular formula is C19H29N3O2. The van der Waals surface area contributed by atoms with E-state index in [-0.39, 0.29) is 11.8 Å². The second kappa shape index (κ2) is 8.83. The third-order valence-electron chi connectivity index (χ3n) is 4.29. The molecule has 0 bridgehead atoms. The van der Waals surface area contributed by atoms with Gasteiger partial charge in [-0.05, 0) is 62.0 Å². The summed E-state index contributed by atoms with van der Waals surface area (Å²) in [5, 5.41) is 5.78. The lowest BCUT2D eigenvalue weighted by atomic mass is 9.99. The van der Waals surface area contributed by atoms with Crippen LogP contribution in [-0.2, 0) is 9.59 Å². The molecule has 1 aliphatic heterocycles. The molecule has 5 heteroatoms. The predicted octanol–water partition coefficient (Wildman–Crippen LogP) is 3.34. The number of likely N-dealkylation sites (tertiary alicyclic amines) is 1. The van der Waals surface area contributed by atoms with Gasteiger partial charge in [-0.25, -0.2) is 0 Å². The number of nitrogens with zero attached hydrogens (tertiary/aromatic N) is 1. The molecule has 0 spiro atoms. The van der Waals surface area contributed by atoms with Crippen LogP contribution in [0, 0.1) is 11.8 Å². The first kappa shape index (κ1) is 18.5. The number of anilines is 2. The Morgan fingerprint density at radius 1 is 1.04 bits per heavy atom. The Morgan fingerprint density at radius 2 is 1.54 bits per heavy atom. The molecule has 1 fully saturated rings. The molecule has 2 amide bonds. The zero-order valence-electron chi connectivity index (χ0n) is 15.0. The quantitative estimate of drug-likeness (QED) is 0.840. The van der Waals surface area contributed by atoms with Crippen molar-refractivity contribution in [1.29, 1.82) is 0 Å². The van der Waals surface area contributed by atoms with Gasteiger partial charge in [-0.15, -0.1) is 0 Å². The molecule has 0 aliphatic carbocycles. The van der Waals surface area contributed by atoms with Crippen LogP contribution in [0.25, 0.3) is 0 Å². The van der Waals surface area contributed by atoms with Crippen molar-refractivity contribution in [2.75, 3.05) is 30.3 Å². The molecule has 0 unspecified atom stereocenters. The van der Waals surface area contributed by atoms with Crippen molar-refractivity contribution in [2.24, 2.45) is 11.8 Å². The average Bonchev–Trinajstić information content (AvgIpc) is 2.51. The molecule has 1 saturated heterocycles. The Balaban J connectivity index is 1.78. The van der Waals surface area contributed by atoms with Crippen molar-refractivity contribution in [3.8, 4) is 0 Å². The monoisotopic (exact) mass is 331 g/mol. The highest BCUT2D eigenvalue weighted by Gasteiger charge is 2.17. The minimum Gasteiger partial charge on any atom is -0.326 e. The predicted molar refractivity (Wildman–Crippen MR) is 98.0 cm³/mol. The van der Waals surface area contributed by atoms with E-state index in [1.54, 1.807) is 0 Å². The standard InChI is InChI=1S/C19H29N3O2/c1-14(2)12-18(23)20-16-4-6-17(7-5-16)21-19(24)13-22-10-8-15(3)9-11-22/h4-7,14-15H,8-13H2,1-3H3,(H,20,23)(H,21,24). The lowest BCUT2D eigenvalue weighted by Crippen LogP contribution is -2.38. The summed E-state index contributed by atoms with van der Waals surface area (Å²) in [4.78, 5) is 26.1. The summed E-state index contributed by atoms with van der Waals surface area (Å²) in [6.45, 7) is 8.73. The first-order chi connectivity index (χ1) is 11.4. The molecule has 2 rings (SSSR count). The minimum atomic E-state index is 0.0149. The number of nitrogens with one attached hydrogen (secondary N) is 2. The minimum absolute atomic E-state index is 0.0149. The van der Waals surface area contributed by atoms with E-state index < -0.39 is 0 Å². The molecule has 1 aromatic carbocycles. The van der Waals surface area contributed by atoms with Crippen LogP contribution in [-0.4, -0.2) is 36.3 Å². The number of hydrogen-bond acceptors (Lipinski definition) is 3. The fourth-order valence-corrected chi connectivity index (χ4v) is 2.84. The lowest BCUT2D eigenvalue weighted by molar-refractivity contribution is -0.118. The van der Waals surface area contributed by atoms with Gasteiger partial charge in [-0.3, -0.25) is 14.5 Å². The van der Waals surface area contributed by atoms with E-state index in [2.05, 4.69) is 22.5 Å². The second-order valence-corrected chi connectivity index (χ2v) is 7.23. The van der Waals surface area contributed by atoms with Crippen LogP contribution in [0.3, 0.4) is 0 Å². The van der Waals surface area contributed by atoms with Crippen LogP contribution < -0.4 is 10.6 Å². The molecule has 24 heavy (non-hydrogen) atoms. The van der Waals surface area contributed by atoms with Crippen LogP contribution in [0.4, 0.5) is 11.4 Å². The molecule has 0 saturated carbocycles. The van der Waals surface area contributed by atoms with Gasteiger partial charge in [-0.2, -0.15) is 0 Å². The van der Waals surface area contributed by atoms with Crippen molar-refractivity contribution in [2.45, 2.75) is 40.0 Å². The van der Waals surface area contributed by atoms with Gasteiger partial charge in [0, 0.05) is 17.8 Å². The smallest absolute Gasteiger partial charge is 0.238 e. The summed E-state index contributed by atoms with van der Waals surface area (Å²) in [6, 6.07) is 7.27. The highest BCUT2D eigenvalue weighted by molar-refractivity contribution is 5.93. The van der Waals surface area contributed by atoms with Crippen LogP contribution in [0.5, 0.6) is 0 Å². The zero-order chi connectivity index (χ0) is 17.5. The Morgan fingerprint density at radius 3 is 2.04 bits per heavy atom. The third kappa shape index (κ3) is 6.32. The first-order valence-corrected chi connectivity index (χ1v) is 8.84. The van der Waals surface area contributed by atoms with E-state index in [0.717, 1.165) is 43.2 Å². The molecule has 2 N–H and O–H groups in total. The number of carbonyl (C=O) groups is 2. The maximum atomic E-state index is 12.1. The largest absolute Gasteiger partial charge is 0.326 e. The Kier molecular flexibility index (Phi) is 6.79. The Bertz CT molecular complexity index is 546. The topological polar surface area (TPSA) is 61.4 Å². The highest BCUT2D eigenvalue weighted by Crippen LogP contribution is 2.17. The van der Waals surface area contributed by atoms with Gasteiger partial charge in [0.2, 0.25) is 11.8 Å². The van der Waals surface area contributed by atoms with Gasteiger partial charge in [-0.1, -0.05) is 20.8 Å². The number of hydrogen-bond donors (Lipinski definition) is 2. The fraction of sp³-hybridized carbons (Fsp3) is 0.579. The molecular weight excluding hydrogens is 302 g/mol. The number of piperidine rings is 1. The molecule has 0 atom stereocenters. The van der Waals surface area contributed by atoms with Crippen LogP contribution >= 0.6 is 0 Å². The van der Waals surface area contributed by atoms with Crippen molar-refractivity contribution in [1.82, 2.24) is 4.90 Å². The van der Waals surface area contributed by atoms with Gasteiger partial charge in [0.25, 0.3) is 0 Å². The number of rotatable bonds is 6. The van der Waals surface area contributed by atoms with Crippen molar-refractivity contribution in [3.05, 3.63) is 24.3 Å². The summed E-state index contributed by atoms with van der Waals surface area (Å²) in [7, 11) is 0. The summed E-state index contributed by atoms with van der Waals surface area (Å²) in [5.74, 6) is 1.13. The van der Waals surface area contributed by atoms with E-state index in [0.29, 0.717) is 18.9 Å². The van der Waals surface area contributed by atoms with E-state index in [1.165, 1.54) is 0 Å². The fourth-order valence-electron chi connectivity index (χ4n) is 2.84. The van der Waals surface area contributed by atoms with E-state index in [9.17, 15) is 9.59 Å². The second-order valence-electron chi connectivity index (χ2n) is 7.23. The number of carbonyl (C=O) groups excluding carboxylic acids is 2. The normalized spacial score (nSPS) is 16.2. The summed E-state index contributed by atoms with van der Waals surface area (Å²) in [6.07, 6.45) is 2.84. The maximum absolute atomic E-state index is 12.1. The van der Waals surface area contributed by atoms with Crippen molar-refractivity contribution in [3.63, 3.8) is 0 Å². The Hall–Kier alpha value is -1.88. The van der Waals surface area contributed by atoms with Gasteiger partial charge >= 0.3 is 0 Å². The maximum Gasteiger partial charge on any atom is 0.238 e. The molecule has 5 nitrogen and oxygen atoms in total. The SMILES string of the molecule is CC(C)CC(=O)Nc1ccc(NC(=O)CN2CCC(C)CC2)cc1. The molecule has 1 aromatic rings. The van der Waals surface area contributed by atoms with Crippen LogP contribution in [0.1, 0.15) is 40.0 Å². The molecule has 1 heterocycles. The van der Waals surface area contributed by atoms with Gasteiger partial charge in [0.15, 0.2) is 0 Å². The molecule has 0 aromatic heterocycles. The number of amides is 2. The average molecular weight is 331 g/mol. The Labute approximate surface area is 144 Å². The van der Waals surface area contributed by atoms with Gasteiger partial charge < -0.3 is 10.6 Å². The van der Waals surface area contributed by atoms with Crippen LogP contribution in [0.15, 0.2) is 24.3 Å². The number of benzene rings is 1. The highest BCUT2D eigenvalue weighted by atomic mass is 16.2. The first-order valence-electron chi connectivity index (χ1n) is 8.84. The van der Waals surface area contributed by atoms with E-state index in [1.807, 2.05) is 38.1 Å². The van der Waals surface area contributed by atoms with Crippen LogP contribution in [0.2, 0.25) is 0 Å². The third-order valence-corrected chi connectivity index (χ3v) is 4.29. The van der Waals surface area contributed by atoms with Crippen molar-refractivity contribution < 1.29 is 9.59 Å².